The van der Waals surface area contributed by atoms with Gasteiger partial charge in [-0.25, -0.2) is 13.2 Å². The van der Waals surface area contributed by atoms with E-state index in [0.29, 0.717) is 10.0 Å². The molecule has 0 heterocycles. The van der Waals surface area contributed by atoms with Crippen molar-refractivity contribution in [3.8, 4) is 11.5 Å². The standard InChI is InChI=1S/C14H7BrF6O/c1-6-2-9(16)12(5-8(6)15)22-13-10(17)3-7(4-11(13)18)14(19,20)21/h2-5H,1H3. The SMILES string of the molecule is Cc1cc(F)c(Oc2c(F)cc(C(F)(F)F)cc2F)cc1Br. The molecule has 0 saturated heterocycles. The molecular weight excluding hydrogens is 378 g/mol. The normalized spacial score (nSPS) is 11.6. The van der Waals surface area contributed by atoms with Gasteiger partial charge in [-0.3, -0.25) is 0 Å². The maximum Gasteiger partial charge on any atom is 0.416 e. The molecule has 0 atom stereocenters. The van der Waals surface area contributed by atoms with Gasteiger partial charge >= 0.3 is 6.18 Å². The molecular formula is C14H7BrF6O. The first-order valence-electron chi connectivity index (χ1n) is 5.79. The number of rotatable bonds is 2. The summed E-state index contributed by atoms with van der Waals surface area (Å²) in [6, 6.07) is 2.35. The van der Waals surface area contributed by atoms with Crippen molar-refractivity contribution in [2.45, 2.75) is 13.1 Å². The second-order valence-corrected chi connectivity index (χ2v) is 5.25. The van der Waals surface area contributed by atoms with E-state index < -0.39 is 40.7 Å². The molecule has 0 aromatic heterocycles. The van der Waals surface area contributed by atoms with Crippen molar-refractivity contribution in [3.05, 3.63) is 57.3 Å². The van der Waals surface area contributed by atoms with Gasteiger partial charge in [0.2, 0.25) is 0 Å². The van der Waals surface area contributed by atoms with Crippen LogP contribution in [-0.2, 0) is 6.18 Å². The van der Waals surface area contributed by atoms with Gasteiger partial charge in [-0.15, -0.1) is 0 Å². The van der Waals surface area contributed by atoms with Gasteiger partial charge in [-0.05, 0) is 36.8 Å². The number of halogens is 7. The van der Waals surface area contributed by atoms with Crippen LogP contribution in [0.2, 0.25) is 0 Å². The van der Waals surface area contributed by atoms with Crippen molar-refractivity contribution in [2.24, 2.45) is 0 Å². The number of benzene rings is 2. The van der Waals surface area contributed by atoms with E-state index in [1.807, 2.05) is 0 Å². The summed E-state index contributed by atoms with van der Waals surface area (Å²) < 4.78 is 83.4. The fraction of sp³-hybridized carbons (Fsp3) is 0.143. The lowest BCUT2D eigenvalue weighted by Gasteiger charge is -2.13. The average molecular weight is 385 g/mol. The van der Waals surface area contributed by atoms with Gasteiger partial charge in [-0.2, -0.15) is 13.2 Å². The van der Waals surface area contributed by atoms with Gasteiger partial charge in [0.1, 0.15) is 0 Å². The van der Waals surface area contributed by atoms with Gasteiger partial charge in [0.05, 0.1) is 5.56 Å². The van der Waals surface area contributed by atoms with E-state index >= 15 is 0 Å². The Morgan fingerprint density at radius 3 is 1.95 bits per heavy atom. The summed E-state index contributed by atoms with van der Waals surface area (Å²) in [4.78, 5) is 0. The predicted octanol–water partition coefficient (Wildman–Crippen LogP) is 5.99. The van der Waals surface area contributed by atoms with E-state index in [0.717, 1.165) is 12.1 Å². The number of alkyl halides is 3. The van der Waals surface area contributed by atoms with Crippen molar-refractivity contribution in [1.29, 1.82) is 0 Å². The second kappa shape index (κ2) is 5.83. The maximum atomic E-state index is 13.7. The van der Waals surface area contributed by atoms with E-state index in [-0.39, 0.29) is 12.1 Å². The molecule has 0 amide bonds. The summed E-state index contributed by atoms with van der Waals surface area (Å²) in [5.41, 5.74) is -0.987. The summed E-state index contributed by atoms with van der Waals surface area (Å²) in [6.45, 7) is 1.58. The van der Waals surface area contributed by atoms with E-state index in [1.165, 1.54) is 0 Å². The van der Waals surface area contributed by atoms with Crippen LogP contribution >= 0.6 is 15.9 Å². The molecule has 0 aliphatic rings. The molecule has 0 unspecified atom stereocenters. The molecule has 2 aromatic carbocycles. The molecule has 8 heteroatoms. The Kier molecular flexibility index (Phi) is 4.42. The largest absolute Gasteiger partial charge is 0.448 e. The van der Waals surface area contributed by atoms with Crippen LogP contribution in [0.15, 0.2) is 28.7 Å². The van der Waals surface area contributed by atoms with Crippen LogP contribution in [0.3, 0.4) is 0 Å². The van der Waals surface area contributed by atoms with Crippen LogP contribution in [0.1, 0.15) is 11.1 Å². The molecule has 0 spiro atoms. The quantitative estimate of drug-likeness (QED) is 0.578. The Labute approximate surface area is 129 Å². The molecule has 0 fully saturated rings. The molecule has 0 bridgehead atoms. The van der Waals surface area contributed by atoms with Gasteiger partial charge < -0.3 is 4.74 Å². The Bertz CT molecular complexity index is 703. The predicted molar refractivity (Wildman–Crippen MR) is 70.3 cm³/mol. The lowest BCUT2D eigenvalue weighted by Crippen LogP contribution is -2.07. The Hall–Kier alpha value is -1.70. The van der Waals surface area contributed by atoms with Crippen LogP contribution in [-0.4, -0.2) is 0 Å². The summed E-state index contributed by atoms with van der Waals surface area (Å²) >= 11 is 3.09. The highest BCUT2D eigenvalue weighted by molar-refractivity contribution is 9.10. The molecule has 1 nitrogen and oxygen atoms in total. The molecule has 0 saturated carbocycles. The second-order valence-electron chi connectivity index (χ2n) is 4.40. The van der Waals surface area contributed by atoms with Crippen molar-refractivity contribution in [3.63, 3.8) is 0 Å². The molecule has 0 radical (unpaired) electrons. The van der Waals surface area contributed by atoms with Crippen LogP contribution in [0.25, 0.3) is 0 Å². The van der Waals surface area contributed by atoms with E-state index in [9.17, 15) is 26.3 Å². The highest BCUT2D eigenvalue weighted by Gasteiger charge is 2.33. The molecule has 2 aromatic rings. The fourth-order valence-corrected chi connectivity index (χ4v) is 1.96. The first kappa shape index (κ1) is 16.7. The Morgan fingerprint density at radius 1 is 0.909 bits per heavy atom. The van der Waals surface area contributed by atoms with E-state index in [2.05, 4.69) is 15.9 Å². The number of hydrogen-bond donors (Lipinski definition) is 0. The maximum absolute atomic E-state index is 13.7. The lowest BCUT2D eigenvalue weighted by molar-refractivity contribution is -0.138. The van der Waals surface area contributed by atoms with Crippen molar-refractivity contribution < 1.29 is 31.1 Å². The lowest BCUT2D eigenvalue weighted by atomic mass is 10.2. The topological polar surface area (TPSA) is 9.23 Å². The van der Waals surface area contributed by atoms with Gasteiger partial charge in [0, 0.05) is 4.47 Å². The van der Waals surface area contributed by atoms with Crippen LogP contribution < -0.4 is 4.74 Å². The van der Waals surface area contributed by atoms with Crippen LogP contribution in [0.5, 0.6) is 11.5 Å². The number of aryl methyl sites for hydroxylation is 1. The average Bonchev–Trinajstić information content (AvgIpc) is 2.38. The number of hydrogen-bond acceptors (Lipinski definition) is 1. The zero-order chi connectivity index (χ0) is 16.7. The molecule has 0 aliphatic carbocycles. The minimum atomic E-state index is -4.90. The van der Waals surface area contributed by atoms with Crippen LogP contribution in [0.4, 0.5) is 26.3 Å². The van der Waals surface area contributed by atoms with E-state index in [4.69, 9.17) is 4.74 Å². The zero-order valence-corrected chi connectivity index (χ0v) is 12.4. The third-order valence-electron chi connectivity index (χ3n) is 2.75. The van der Waals surface area contributed by atoms with Crippen molar-refractivity contribution in [1.82, 2.24) is 0 Å². The highest BCUT2D eigenvalue weighted by Crippen LogP contribution is 2.37. The smallest absolute Gasteiger partial charge is 0.416 e. The molecule has 0 aliphatic heterocycles. The first-order chi connectivity index (χ1) is 10.1. The monoisotopic (exact) mass is 384 g/mol. The molecule has 0 N–H and O–H groups in total. The first-order valence-corrected chi connectivity index (χ1v) is 6.58. The van der Waals surface area contributed by atoms with E-state index in [1.54, 1.807) is 6.92 Å². The summed E-state index contributed by atoms with van der Waals surface area (Å²) in [5, 5.41) is 0. The molecule has 118 valence electrons. The molecule has 22 heavy (non-hydrogen) atoms. The zero-order valence-electron chi connectivity index (χ0n) is 10.9. The Morgan fingerprint density at radius 2 is 1.45 bits per heavy atom. The summed E-state index contributed by atoms with van der Waals surface area (Å²) in [6.07, 6.45) is -4.90. The minimum Gasteiger partial charge on any atom is -0.448 e. The fourth-order valence-electron chi connectivity index (χ4n) is 1.64. The molecule has 2 rings (SSSR count). The summed E-state index contributed by atoms with van der Waals surface area (Å²) in [5.74, 6) is -5.69. The third-order valence-corrected chi connectivity index (χ3v) is 3.61. The summed E-state index contributed by atoms with van der Waals surface area (Å²) in [7, 11) is 0. The van der Waals surface area contributed by atoms with Crippen molar-refractivity contribution >= 4 is 15.9 Å². The highest BCUT2D eigenvalue weighted by atomic mass is 79.9. The van der Waals surface area contributed by atoms with Crippen LogP contribution in [0, 0.1) is 24.4 Å². The third kappa shape index (κ3) is 3.37. The number of ether oxygens (including phenoxy) is 1. The Balaban J connectivity index is 2.45. The van der Waals surface area contributed by atoms with Crippen molar-refractivity contribution in [2.75, 3.05) is 0 Å². The van der Waals surface area contributed by atoms with Gasteiger partial charge in [0.15, 0.2) is 29.0 Å². The minimum absolute atomic E-state index is 0.0829. The van der Waals surface area contributed by atoms with Gasteiger partial charge in [0.25, 0.3) is 0 Å². The van der Waals surface area contributed by atoms with Gasteiger partial charge in [-0.1, -0.05) is 15.9 Å².